The molecule has 0 aromatic heterocycles. The number of rotatable bonds is 2. The summed E-state index contributed by atoms with van der Waals surface area (Å²) < 4.78 is 0. The number of hydrogen-bond acceptors (Lipinski definition) is 1. The van der Waals surface area contributed by atoms with Crippen molar-refractivity contribution in [3.05, 3.63) is 42.0 Å². The Morgan fingerprint density at radius 2 is 2.00 bits per heavy atom. The molecular weight excluding hydrogens is 200 g/mol. The standard InChI is InChI=1S/C14H16O2/c1-14(13(15)16)10-6-5-9-12(14)11-7-3-2-4-8-11/h2-4,7-9H,5-6,10H2,1H3,(H,15,16). The van der Waals surface area contributed by atoms with Crippen LogP contribution in [0, 0.1) is 5.41 Å². The molecule has 2 rings (SSSR count). The Kier molecular flexibility index (Phi) is 2.82. The fourth-order valence-corrected chi connectivity index (χ4v) is 2.34. The van der Waals surface area contributed by atoms with Gasteiger partial charge in [0, 0.05) is 0 Å². The predicted octanol–water partition coefficient (Wildman–Crippen LogP) is 3.34. The van der Waals surface area contributed by atoms with E-state index in [-0.39, 0.29) is 0 Å². The molecule has 0 fully saturated rings. The molecule has 1 atom stereocenters. The molecule has 1 aromatic carbocycles. The number of carbonyl (C=O) groups is 1. The van der Waals surface area contributed by atoms with E-state index in [0.29, 0.717) is 0 Å². The van der Waals surface area contributed by atoms with Crippen molar-refractivity contribution in [2.24, 2.45) is 5.41 Å². The molecule has 0 amide bonds. The van der Waals surface area contributed by atoms with E-state index >= 15 is 0 Å². The van der Waals surface area contributed by atoms with E-state index in [1.54, 1.807) is 0 Å². The smallest absolute Gasteiger partial charge is 0.313 e. The third kappa shape index (κ3) is 1.75. The Bertz CT molecular complexity index is 420. The minimum absolute atomic E-state index is 0.720. The first-order valence-electron chi connectivity index (χ1n) is 5.64. The van der Waals surface area contributed by atoms with Gasteiger partial charge in [0.15, 0.2) is 0 Å². The lowest BCUT2D eigenvalue weighted by Gasteiger charge is -2.31. The summed E-state index contributed by atoms with van der Waals surface area (Å²) in [4.78, 5) is 11.4. The lowest BCUT2D eigenvalue weighted by atomic mass is 9.71. The summed E-state index contributed by atoms with van der Waals surface area (Å²) in [5.41, 5.74) is 1.28. The number of carboxylic acid groups (broad SMARTS) is 1. The quantitative estimate of drug-likeness (QED) is 0.823. The van der Waals surface area contributed by atoms with Crippen molar-refractivity contribution < 1.29 is 9.90 Å². The summed E-state index contributed by atoms with van der Waals surface area (Å²) >= 11 is 0. The van der Waals surface area contributed by atoms with Crippen molar-refractivity contribution in [1.29, 1.82) is 0 Å². The lowest BCUT2D eigenvalue weighted by Crippen LogP contribution is -2.30. The molecule has 1 N–H and O–H groups in total. The summed E-state index contributed by atoms with van der Waals surface area (Å²) in [6.07, 6.45) is 4.74. The van der Waals surface area contributed by atoms with Gasteiger partial charge >= 0.3 is 5.97 Å². The van der Waals surface area contributed by atoms with Gasteiger partial charge in [0.05, 0.1) is 5.41 Å². The Morgan fingerprint density at radius 3 is 2.62 bits per heavy atom. The third-order valence-electron chi connectivity index (χ3n) is 3.38. The lowest BCUT2D eigenvalue weighted by molar-refractivity contribution is -0.145. The van der Waals surface area contributed by atoms with E-state index in [4.69, 9.17) is 0 Å². The first kappa shape index (κ1) is 10.9. The molecule has 1 aromatic rings. The molecule has 84 valence electrons. The van der Waals surface area contributed by atoms with Crippen molar-refractivity contribution in [1.82, 2.24) is 0 Å². The van der Waals surface area contributed by atoms with Gasteiger partial charge < -0.3 is 5.11 Å². The van der Waals surface area contributed by atoms with E-state index in [1.165, 1.54) is 0 Å². The van der Waals surface area contributed by atoms with E-state index in [2.05, 4.69) is 6.08 Å². The van der Waals surface area contributed by atoms with E-state index in [9.17, 15) is 9.90 Å². The first-order valence-corrected chi connectivity index (χ1v) is 5.64. The van der Waals surface area contributed by atoms with Gasteiger partial charge in [-0.3, -0.25) is 4.79 Å². The summed E-state index contributed by atoms with van der Waals surface area (Å²) in [6.45, 7) is 1.83. The third-order valence-corrected chi connectivity index (χ3v) is 3.38. The zero-order valence-corrected chi connectivity index (χ0v) is 9.44. The Labute approximate surface area is 95.6 Å². The van der Waals surface area contributed by atoms with Gasteiger partial charge in [-0.05, 0) is 37.3 Å². The molecule has 1 unspecified atom stereocenters. The van der Waals surface area contributed by atoms with E-state index < -0.39 is 11.4 Å². The molecule has 0 bridgehead atoms. The fourth-order valence-electron chi connectivity index (χ4n) is 2.34. The highest BCUT2D eigenvalue weighted by molar-refractivity contribution is 5.92. The molecule has 1 aliphatic rings. The number of allylic oxidation sites excluding steroid dienone is 1. The zero-order chi connectivity index (χ0) is 11.6. The molecule has 0 aliphatic heterocycles. The maximum Gasteiger partial charge on any atom is 0.313 e. The van der Waals surface area contributed by atoms with E-state index in [0.717, 1.165) is 30.4 Å². The molecule has 2 heteroatoms. The van der Waals surface area contributed by atoms with Crippen molar-refractivity contribution >= 4 is 11.5 Å². The van der Waals surface area contributed by atoms with Crippen LogP contribution in [0.2, 0.25) is 0 Å². The predicted molar refractivity (Wildman–Crippen MR) is 64.0 cm³/mol. The summed E-state index contributed by atoms with van der Waals surface area (Å²) in [5.74, 6) is -0.720. The van der Waals surface area contributed by atoms with Crippen LogP contribution in [0.25, 0.3) is 5.57 Å². The minimum atomic E-state index is -0.723. The topological polar surface area (TPSA) is 37.3 Å². The van der Waals surface area contributed by atoms with Gasteiger partial charge in [-0.1, -0.05) is 36.4 Å². The normalized spacial score (nSPS) is 24.9. The van der Waals surface area contributed by atoms with Gasteiger partial charge in [-0.2, -0.15) is 0 Å². The number of aliphatic carboxylic acids is 1. The molecule has 0 radical (unpaired) electrons. The average Bonchev–Trinajstić information content (AvgIpc) is 2.30. The van der Waals surface area contributed by atoms with Gasteiger partial charge in [-0.25, -0.2) is 0 Å². The van der Waals surface area contributed by atoms with Gasteiger partial charge in [-0.15, -0.1) is 0 Å². The Balaban J connectivity index is 2.46. The summed E-state index contributed by atoms with van der Waals surface area (Å²) in [5, 5.41) is 9.39. The minimum Gasteiger partial charge on any atom is -0.481 e. The molecule has 0 spiro atoms. The number of hydrogen-bond donors (Lipinski definition) is 1. The van der Waals surface area contributed by atoms with Crippen LogP contribution >= 0.6 is 0 Å². The maximum atomic E-state index is 11.4. The average molecular weight is 216 g/mol. The largest absolute Gasteiger partial charge is 0.481 e. The summed E-state index contributed by atoms with van der Waals surface area (Å²) in [6, 6.07) is 9.82. The van der Waals surface area contributed by atoms with Crippen LogP contribution in [0.5, 0.6) is 0 Å². The van der Waals surface area contributed by atoms with Crippen molar-refractivity contribution in [2.75, 3.05) is 0 Å². The van der Waals surface area contributed by atoms with Crippen LogP contribution in [0.15, 0.2) is 36.4 Å². The van der Waals surface area contributed by atoms with Crippen LogP contribution in [0.3, 0.4) is 0 Å². The van der Waals surface area contributed by atoms with Crippen LogP contribution in [0.4, 0.5) is 0 Å². The molecule has 2 nitrogen and oxygen atoms in total. The highest BCUT2D eigenvalue weighted by Crippen LogP contribution is 2.43. The highest BCUT2D eigenvalue weighted by Gasteiger charge is 2.38. The van der Waals surface area contributed by atoms with Crippen molar-refractivity contribution in [3.8, 4) is 0 Å². The fraction of sp³-hybridized carbons (Fsp3) is 0.357. The van der Waals surface area contributed by atoms with Crippen LogP contribution in [-0.4, -0.2) is 11.1 Å². The molecule has 0 heterocycles. The number of carboxylic acids is 1. The molecule has 1 aliphatic carbocycles. The molecule has 16 heavy (non-hydrogen) atoms. The van der Waals surface area contributed by atoms with Crippen molar-refractivity contribution in [3.63, 3.8) is 0 Å². The van der Waals surface area contributed by atoms with Crippen LogP contribution < -0.4 is 0 Å². The first-order chi connectivity index (χ1) is 7.64. The van der Waals surface area contributed by atoms with Crippen LogP contribution in [-0.2, 0) is 4.79 Å². The number of benzene rings is 1. The molecule has 0 saturated carbocycles. The zero-order valence-electron chi connectivity index (χ0n) is 9.44. The molecule has 0 saturated heterocycles. The second kappa shape index (κ2) is 4.12. The maximum absolute atomic E-state index is 11.4. The van der Waals surface area contributed by atoms with Gasteiger partial charge in [0.1, 0.15) is 0 Å². The Hall–Kier alpha value is -1.57. The second-order valence-electron chi connectivity index (χ2n) is 4.51. The summed E-state index contributed by atoms with van der Waals surface area (Å²) in [7, 11) is 0. The monoisotopic (exact) mass is 216 g/mol. The molecular formula is C14H16O2. The second-order valence-corrected chi connectivity index (χ2v) is 4.51. The van der Waals surface area contributed by atoms with E-state index in [1.807, 2.05) is 37.3 Å². The van der Waals surface area contributed by atoms with Gasteiger partial charge in [0.25, 0.3) is 0 Å². The Morgan fingerprint density at radius 1 is 1.31 bits per heavy atom. The van der Waals surface area contributed by atoms with Crippen molar-refractivity contribution in [2.45, 2.75) is 26.2 Å². The highest BCUT2D eigenvalue weighted by atomic mass is 16.4. The SMILES string of the molecule is CC1(C(=O)O)CCCC=C1c1ccccc1. The van der Waals surface area contributed by atoms with Crippen LogP contribution in [0.1, 0.15) is 31.7 Å². The van der Waals surface area contributed by atoms with Gasteiger partial charge in [0.2, 0.25) is 0 Å².